The van der Waals surface area contributed by atoms with Gasteiger partial charge in [-0.15, -0.1) is 0 Å². The Bertz CT molecular complexity index is 396. The summed E-state index contributed by atoms with van der Waals surface area (Å²) >= 11 is 3.53. The van der Waals surface area contributed by atoms with Crippen LogP contribution in [0.15, 0.2) is 28.7 Å². The Morgan fingerprint density at radius 1 is 1.33 bits per heavy atom. The van der Waals surface area contributed by atoms with E-state index in [1.54, 1.807) is 14.1 Å². The number of nitrogens with zero attached hydrogens (tertiary/aromatic N) is 1. The van der Waals surface area contributed by atoms with Crippen LogP contribution in [0.25, 0.3) is 0 Å². The molecule has 18 heavy (non-hydrogen) atoms. The van der Waals surface area contributed by atoms with E-state index in [9.17, 15) is 4.79 Å². The van der Waals surface area contributed by atoms with Crippen LogP contribution in [0, 0.1) is 0 Å². The van der Waals surface area contributed by atoms with Crippen molar-refractivity contribution in [2.75, 3.05) is 27.2 Å². The van der Waals surface area contributed by atoms with E-state index in [0.29, 0.717) is 6.54 Å². The zero-order chi connectivity index (χ0) is 13.5. The summed E-state index contributed by atoms with van der Waals surface area (Å²) in [5.41, 5.74) is 1.22. The van der Waals surface area contributed by atoms with Gasteiger partial charge in [0.05, 0.1) is 0 Å². The summed E-state index contributed by atoms with van der Waals surface area (Å²) in [7, 11) is 3.46. The van der Waals surface area contributed by atoms with Gasteiger partial charge >= 0.3 is 6.03 Å². The minimum atomic E-state index is -0.0645. The lowest BCUT2D eigenvalue weighted by atomic mass is 10.1. The third kappa shape index (κ3) is 4.66. The van der Waals surface area contributed by atoms with Crippen molar-refractivity contribution >= 4 is 22.0 Å². The molecule has 1 aromatic carbocycles. The normalized spacial score (nSPS) is 12.0. The molecule has 0 aromatic heterocycles. The maximum absolute atomic E-state index is 11.3. The number of carbonyl (C=O) groups is 1. The predicted molar refractivity (Wildman–Crippen MR) is 77.6 cm³/mol. The van der Waals surface area contributed by atoms with E-state index >= 15 is 0 Å². The molecule has 0 aliphatic heterocycles. The van der Waals surface area contributed by atoms with Crippen LogP contribution < -0.4 is 10.6 Å². The molecule has 0 aliphatic carbocycles. The number of nitrogens with one attached hydrogen (secondary N) is 2. The molecule has 0 fully saturated rings. The molecule has 1 rings (SSSR count). The molecule has 0 aliphatic rings. The third-order valence-electron chi connectivity index (χ3n) is 2.63. The first-order valence-corrected chi connectivity index (χ1v) is 6.74. The van der Waals surface area contributed by atoms with Gasteiger partial charge in [0.25, 0.3) is 0 Å². The zero-order valence-electron chi connectivity index (χ0n) is 11.0. The summed E-state index contributed by atoms with van der Waals surface area (Å²) in [5.74, 6) is 0. The first kappa shape index (κ1) is 15.0. The summed E-state index contributed by atoms with van der Waals surface area (Å²) in [4.78, 5) is 12.8. The first-order valence-electron chi connectivity index (χ1n) is 5.95. The summed E-state index contributed by atoms with van der Waals surface area (Å²) < 4.78 is 1.10. The Kier molecular flexibility index (Phi) is 6.15. The molecule has 2 N–H and O–H groups in total. The second kappa shape index (κ2) is 7.38. The molecule has 5 heteroatoms. The van der Waals surface area contributed by atoms with Crippen LogP contribution in [0.3, 0.4) is 0 Å². The van der Waals surface area contributed by atoms with Gasteiger partial charge in [0.2, 0.25) is 0 Å². The molecule has 0 saturated heterocycles. The molecule has 4 nitrogen and oxygen atoms in total. The molecule has 1 atom stereocenters. The van der Waals surface area contributed by atoms with E-state index in [1.807, 2.05) is 18.2 Å². The summed E-state index contributed by atoms with van der Waals surface area (Å²) in [6.07, 6.45) is 0. The molecule has 0 spiro atoms. The Morgan fingerprint density at radius 2 is 2.00 bits per heavy atom. The molecule has 0 radical (unpaired) electrons. The van der Waals surface area contributed by atoms with E-state index in [4.69, 9.17) is 0 Å². The Morgan fingerprint density at radius 3 is 2.61 bits per heavy atom. The van der Waals surface area contributed by atoms with Crippen LogP contribution in [-0.2, 0) is 0 Å². The summed E-state index contributed by atoms with van der Waals surface area (Å²) in [5, 5.41) is 6.19. The van der Waals surface area contributed by atoms with Gasteiger partial charge in [-0.05, 0) is 18.6 Å². The molecule has 0 saturated carbocycles. The van der Waals surface area contributed by atoms with Crippen LogP contribution in [0.1, 0.15) is 18.5 Å². The predicted octanol–water partition coefficient (Wildman–Crippen LogP) is 2.37. The highest BCUT2D eigenvalue weighted by molar-refractivity contribution is 9.10. The molecule has 1 unspecified atom stereocenters. The topological polar surface area (TPSA) is 44.4 Å². The number of rotatable bonds is 5. The molecule has 0 heterocycles. The SMILES string of the molecule is CC(NCCNC(=O)N(C)C)c1ccccc1Br. The number of carbonyl (C=O) groups excluding carboxylic acids is 1. The third-order valence-corrected chi connectivity index (χ3v) is 3.35. The second-order valence-electron chi connectivity index (χ2n) is 4.32. The van der Waals surface area contributed by atoms with E-state index in [0.717, 1.165) is 11.0 Å². The van der Waals surface area contributed by atoms with Crippen molar-refractivity contribution in [2.45, 2.75) is 13.0 Å². The Hall–Kier alpha value is -1.07. The highest BCUT2D eigenvalue weighted by Crippen LogP contribution is 2.22. The number of urea groups is 1. The number of halogens is 1. The standard InChI is InChI=1S/C13H20BrN3O/c1-10(11-6-4-5-7-12(11)14)15-8-9-16-13(18)17(2)3/h4-7,10,15H,8-9H2,1-3H3,(H,16,18). The Balaban J connectivity index is 2.32. The van der Waals surface area contributed by atoms with Gasteiger partial charge in [-0.3, -0.25) is 0 Å². The number of hydrogen-bond acceptors (Lipinski definition) is 2. The maximum Gasteiger partial charge on any atom is 0.316 e. The van der Waals surface area contributed by atoms with E-state index in [2.05, 4.69) is 39.6 Å². The smallest absolute Gasteiger partial charge is 0.316 e. The molecule has 2 amide bonds. The highest BCUT2D eigenvalue weighted by atomic mass is 79.9. The van der Waals surface area contributed by atoms with Crippen molar-refractivity contribution in [3.05, 3.63) is 34.3 Å². The van der Waals surface area contributed by atoms with Crippen LogP contribution in [-0.4, -0.2) is 38.1 Å². The van der Waals surface area contributed by atoms with Crippen LogP contribution >= 0.6 is 15.9 Å². The lowest BCUT2D eigenvalue weighted by Gasteiger charge is -2.17. The lowest BCUT2D eigenvalue weighted by Crippen LogP contribution is -2.38. The van der Waals surface area contributed by atoms with E-state index < -0.39 is 0 Å². The lowest BCUT2D eigenvalue weighted by molar-refractivity contribution is 0.217. The van der Waals surface area contributed by atoms with Crippen molar-refractivity contribution < 1.29 is 4.79 Å². The van der Waals surface area contributed by atoms with Crippen molar-refractivity contribution in [3.8, 4) is 0 Å². The summed E-state index contributed by atoms with van der Waals surface area (Å²) in [6, 6.07) is 8.31. The van der Waals surface area contributed by atoms with Crippen LogP contribution in [0.5, 0.6) is 0 Å². The molecule has 0 bridgehead atoms. The average molecular weight is 314 g/mol. The van der Waals surface area contributed by atoms with Gasteiger partial charge in [0, 0.05) is 37.7 Å². The minimum absolute atomic E-state index is 0.0645. The van der Waals surface area contributed by atoms with Gasteiger partial charge in [-0.25, -0.2) is 4.79 Å². The van der Waals surface area contributed by atoms with Gasteiger partial charge in [-0.2, -0.15) is 0 Å². The fraction of sp³-hybridized carbons (Fsp3) is 0.462. The number of benzene rings is 1. The number of hydrogen-bond donors (Lipinski definition) is 2. The van der Waals surface area contributed by atoms with E-state index in [1.165, 1.54) is 10.5 Å². The number of amides is 2. The molecule has 100 valence electrons. The fourth-order valence-electron chi connectivity index (χ4n) is 1.55. The van der Waals surface area contributed by atoms with Crippen molar-refractivity contribution in [1.29, 1.82) is 0 Å². The van der Waals surface area contributed by atoms with Gasteiger partial charge < -0.3 is 15.5 Å². The van der Waals surface area contributed by atoms with Gasteiger partial charge in [0.1, 0.15) is 0 Å². The molecular weight excluding hydrogens is 294 g/mol. The van der Waals surface area contributed by atoms with Crippen LogP contribution in [0.4, 0.5) is 4.79 Å². The highest BCUT2D eigenvalue weighted by Gasteiger charge is 2.08. The zero-order valence-corrected chi connectivity index (χ0v) is 12.6. The molecule has 1 aromatic rings. The average Bonchev–Trinajstić information content (AvgIpc) is 2.34. The van der Waals surface area contributed by atoms with Gasteiger partial charge in [0.15, 0.2) is 0 Å². The Labute approximate surface area is 117 Å². The van der Waals surface area contributed by atoms with Gasteiger partial charge in [-0.1, -0.05) is 34.1 Å². The first-order chi connectivity index (χ1) is 8.52. The maximum atomic E-state index is 11.3. The van der Waals surface area contributed by atoms with Crippen molar-refractivity contribution in [1.82, 2.24) is 15.5 Å². The monoisotopic (exact) mass is 313 g/mol. The largest absolute Gasteiger partial charge is 0.337 e. The molecular formula is C13H20BrN3O. The second-order valence-corrected chi connectivity index (χ2v) is 5.18. The summed E-state index contributed by atoms with van der Waals surface area (Å²) in [6.45, 7) is 3.46. The van der Waals surface area contributed by atoms with E-state index in [-0.39, 0.29) is 12.1 Å². The van der Waals surface area contributed by atoms with Crippen molar-refractivity contribution in [3.63, 3.8) is 0 Å². The minimum Gasteiger partial charge on any atom is -0.337 e. The van der Waals surface area contributed by atoms with Crippen LogP contribution in [0.2, 0.25) is 0 Å². The van der Waals surface area contributed by atoms with Crippen molar-refractivity contribution in [2.24, 2.45) is 0 Å². The quantitative estimate of drug-likeness (QED) is 0.820. The fourth-order valence-corrected chi connectivity index (χ4v) is 2.18.